The van der Waals surface area contributed by atoms with Crippen LogP contribution in [0.3, 0.4) is 0 Å². The van der Waals surface area contributed by atoms with Gasteiger partial charge in [0.05, 0.1) is 29.6 Å². The molecule has 0 amide bonds. The molecular formula is C27H28F3N3O3. The van der Waals surface area contributed by atoms with Crippen LogP contribution >= 0.6 is 0 Å². The number of pyridine rings is 1. The molecule has 0 fully saturated rings. The molecule has 9 heteroatoms. The van der Waals surface area contributed by atoms with E-state index in [2.05, 4.69) is 15.0 Å². The van der Waals surface area contributed by atoms with Crippen LogP contribution in [-0.4, -0.2) is 17.1 Å². The van der Waals surface area contributed by atoms with Gasteiger partial charge >= 0.3 is 6.36 Å². The van der Waals surface area contributed by atoms with Crippen LogP contribution in [-0.2, 0) is 17.9 Å². The number of aryl methyl sites for hydroxylation is 1. The number of benzene rings is 2. The van der Waals surface area contributed by atoms with E-state index in [1.165, 1.54) is 12.1 Å². The first-order valence-corrected chi connectivity index (χ1v) is 11.5. The van der Waals surface area contributed by atoms with E-state index in [4.69, 9.17) is 14.7 Å². The number of hydrogen-bond donors (Lipinski definition) is 1. The molecule has 36 heavy (non-hydrogen) atoms. The van der Waals surface area contributed by atoms with Gasteiger partial charge in [-0.3, -0.25) is 4.98 Å². The molecule has 190 valence electrons. The van der Waals surface area contributed by atoms with Gasteiger partial charge in [-0.1, -0.05) is 32.0 Å². The molecule has 0 spiro atoms. The SMILES string of the molecule is CC.Cc1ncc(CNc2ccc(-c3ccc(C#N)cc3)cc2OC(F)(F)F)c2c1OC(C)(C)OC2. The van der Waals surface area contributed by atoms with Gasteiger partial charge in [0.2, 0.25) is 5.79 Å². The first-order chi connectivity index (χ1) is 17.0. The Morgan fingerprint density at radius 2 is 1.78 bits per heavy atom. The quantitative estimate of drug-likeness (QED) is 0.403. The second kappa shape index (κ2) is 10.9. The van der Waals surface area contributed by atoms with Crippen LogP contribution in [0.25, 0.3) is 11.1 Å². The minimum Gasteiger partial charge on any atom is -0.461 e. The van der Waals surface area contributed by atoms with E-state index in [0.29, 0.717) is 34.7 Å². The largest absolute Gasteiger partial charge is 0.573 e. The van der Waals surface area contributed by atoms with Gasteiger partial charge in [-0.15, -0.1) is 13.2 Å². The molecule has 0 atom stereocenters. The lowest BCUT2D eigenvalue weighted by atomic mass is 10.0. The predicted octanol–water partition coefficient (Wildman–Crippen LogP) is 7.11. The molecule has 1 N–H and O–H groups in total. The number of aromatic nitrogens is 1. The zero-order chi connectivity index (χ0) is 26.5. The summed E-state index contributed by atoms with van der Waals surface area (Å²) in [6, 6.07) is 13.1. The molecule has 0 aliphatic carbocycles. The number of fused-ring (bicyclic) bond motifs is 1. The minimum absolute atomic E-state index is 0.169. The first kappa shape index (κ1) is 26.8. The summed E-state index contributed by atoms with van der Waals surface area (Å²) in [5, 5.41) is 12.0. The monoisotopic (exact) mass is 499 g/mol. The van der Waals surface area contributed by atoms with Gasteiger partial charge in [0, 0.05) is 32.2 Å². The highest BCUT2D eigenvalue weighted by Gasteiger charge is 2.33. The highest BCUT2D eigenvalue weighted by Crippen LogP contribution is 2.37. The average Bonchev–Trinajstić information content (AvgIpc) is 2.84. The number of ether oxygens (including phenoxy) is 3. The molecule has 3 aromatic rings. The summed E-state index contributed by atoms with van der Waals surface area (Å²) in [6.07, 6.45) is -3.21. The topological polar surface area (TPSA) is 76.4 Å². The van der Waals surface area contributed by atoms with E-state index in [1.54, 1.807) is 50.4 Å². The molecule has 1 aromatic heterocycles. The zero-order valence-electron chi connectivity index (χ0n) is 20.8. The van der Waals surface area contributed by atoms with Crippen molar-refractivity contribution in [1.29, 1.82) is 5.26 Å². The summed E-state index contributed by atoms with van der Waals surface area (Å²) >= 11 is 0. The fraction of sp³-hybridized carbons (Fsp3) is 0.333. The molecule has 0 saturated heterocycles. The molecule has 0 unspecified atom stereocenters. The average molecular weight is 500 g/mol. The highest BCUT2D eigenvalue weighted by molar-refractivity contribution is 5.71. The maximum absolute atomic E-state index is 13.1. The second-order valence-corrected chi connectivity index (χ2v) is 8.27. The zero-order valence-corrected chi connectivity index (χ0v) is 20.8. The van der Waals surface area contributed by atoms with Gasteiger partial charge in [-0.05, 0) is 47.9 Å². The number of alkyl halides is 3. The van der Waals surface area contributed by atoms with Crippen molar-refractivity contribution in [3.8, 4) is 28.7 Å². The van der Waals surface area contributed by atoms with Gasteiger partial charge in [0.25, 0.3) is 0 Å². The van der Waals surface area contributed by atoms with E-state index in [9.17, 15) is 13.2 Å². The maximum atomic E-state index is 13.1. The van der Waals surface area contributed by atoms with Crippen molar-refractivity contribution in [2.24, 2.45) is 0 Å². The normalized spacial score (nSPS) is 13.9. The number of anilines is 1. The van der Waals surface area contributed by atoms with Gasteiger partial charge in [-0.25, -0.2) is 0 Å². The second-order valence-electron chi connectivity index (χ2n) is 8.27. The molecule has 0 radical (unpaired) electrons. The van der Waals surface area contributed by atoms with E-state index in [-0.39, 0.29) is 18.0 Å². The summed E-state index contributed by atoms with van der Waals surface area (Å²) in [6.45, 7) is 9.92. The number of rotatable bonds is 5. The Morgan fingerprint density at radius 1 is 1.11 bits per heavy atom. The Labute approximate surface area is 208 Å². The first-order valence-electron chi connectivity index (χ1n) is 11.5. The van der Waals surface area contributed by atoms with E-state index < -0.39 is 12.1 Å². The molecule has 1 aliphatic rings. The van der Waals surface area contributed by atoms with Crippen molar-refractivity contribution in [1.82, 2.24) is 4.98 Å². The third-order valence-corrected chi connectivity index (χ3v) is 5.34. The summed E-state index contributed by atoms with van der Waals surface area (Å²) in [5.74, 6) is -0.532. The van der Waals surface area contributed by atoms with Crippen molar-refractivity contribution in [3.05, 3.63) is 71.0 Å². The van der Waals surface area contributed by atoms with Crippen molar-refractivity contribution in [2.75, 3.05) is 5.32 Å². The number of halogens is 3. The molecular weight excluding hydrogens is 471 g/mol. The van der Waals surface area contributed by atoms with Crippen LogP contribution in [0.15, 0.2) is 48.7 Å². The lowest BCUT2D eigenvalue weighted by Gasteiger charge is -2.34. The summed E-state index contributed by atoms with van der Waals surface area (Å²) in [5.41, 5.74) is 4.06. The molecule has 6 nitrogen and oxygen atoms in total. The predicted molar refractivity (Wildman–Crippen MR) is 130 cm³/mol. The third kappa shape index (κ3) is 6.46. The summed E-state index contributed by atoms with van der Waals surface area (Å²) < 4.78 is 55.3. The number of nitriles is 1. The molecule has 2 heterocycles. The maximum Gasteiger partial charge on any atom is 0.573 e. The van der Waals surface area contributed by atoms with Crippen LogP contribution in [0, 0.1) is 18.3 Å². The lowest BCUT2D eigenvalue weighted by molar-refractivity contribution is -0.274. The van der Waals surface area contributed by atoms with Crippen LogP contribution < -0.4 is 14.8 Å². The van der Waals surface area contributed by atoms with Gasteiger partial charge in [-0.2, -0.15) is 5.26 Å². The summed E-state index contributed by atoms with van der Waals surface area (Å²) in [4.78, 5) is 4.37. The number of hydrogen-bond acceptors (Lipinski definition) is 6. The third-order valence-electron chi connectivity index (χ3n) is 5.34. The smallest absolute Gasteiger partial charge is 0.461 e. The van der Waals surface area contributed by atoms with Crippen LogP contribution in [0.2, 0.25) is 0 Å². The van der Waals surface area contributed by atoms with Crippen molar-refractivity contribution >= 4 is 5.69 Å². The Bertz CT molecular complexity index is 1250. The van der Waals surface area contributed by atoms with Gasteiger partial charge in [0.15, 0.2) is 5.75 Å². The van der Waals surface area contributed by atoms with Crippen LogP contribution in [0.5, 0.6) is 11.5 Å². The van der Waals surface area contributed by atoms with Crippen LogP contribution in [0.1, 0.15) is 50.1 Å². The Kier molecular flexibility index (Phi) is 8.10. The molecule has 0 saturated carbocycles. The van der Waals surface area contributed by atoms with Crippen molar-refractivity contribution in [3.63, 3.8) is 0 Å². The number of nitrogens with zero attached hydrogens (tertiary/aromatic N) is 2. The minimum atomic E-state index is -4.86. The molecule has 0 bridgehead atoms. The van der Waals surface area contributed by atoms with E-state index in [1.807, 2.05) is 26.8 Å². The molecule has 1 aliphatic heterocycles. The van der Waals surface area contributed by atoms with E-state index >= 15 is 0 Å². The van der Waals surface area contributed by atoms with E-state index in [0.717, 1.165) is 11.1 Å². The molecule has 4 rings (SSSR count). The van der Waals surface area contributed by atoms with Gasteiger partial charge < -0.3 is 19.5 Å². The summed E-state index contributed by atoms with van der Waals surface area (Å²) in [7, 11) is 0. The standard InChI is InChI=1S/C25H22F3N3O3.C2H6/c1-15-23-20(14-32-24(2,3)34-23)19(12-30-15)13-31-21-9-8-18(10-22(21)33-25(26,27)28)17-6-4-16(11-29)5-7-17;1-2/h4-10,12,31H,13-14H2,1-3H3;1-2H3. The number of nitrogens with one attached hydrogen (secondary N) is 1. The Balaban J connectivity index is 0.00000176. The van der Waals surface area contributed by atoms with Crippen molar-refractivity contribution < 1.29 is 27.4 Å². The Morgan fingerprint density at radius 3 is 2.42 bits per heavy atom. The lowest BCUT2D eigenvalue weighted by Crippen LogP contribution is -2.36. The van der Waals surface area contributed by atoms with Crippen LogP contribution in [0.4, 0.5) is 18.9 Å². The highest BCUT2D eigenvalue weighted by atomic mass is 19.4. The van der Waals surface area contributed by atoms with Crippen molar-refractivity contribution in [2.45, 2.75) is 59.9 Å². The van der Waals surface area contributed by atoms with Gasteiger partial charge in [0.1, 0.15) is 5.75 Å². The fourth-order valence-corrected chi connectivity index (χ4v) is 3.63. The fourth-order valence-electron chi connectivity index (χ4n) is 3.63. The molecule has 2 aromatic carbocycles. The Hall–Kier alpha value is -3.77.